The maximum absolute atomic E-state index is 5.98. The SMILES string of the molecule is CC(N)c1nc(-c2nc(-c3ccc(Cl)c(Cl)c3)no2)cs1. The predicted molar refractivity (Wildman–Crippen MR) is 83.5 cm³/mol. The van der Waals surface area contributed by atoms with E-state index in [9.17, 15) is 0 Å². The van der Waals surface area contributed by atoms with Crippen molar-refractivity contribution in [1.82, 2.24) is 15.1 Å². The van der Waals surface area contributed by atoms with Crippen LogP contribution in [-0.2, 0) is 0 Å². The summed E-state index contributed by atoms with van der Waals surface area (Å²) < 4.78 is 5.23. The third-order valence-electron chi connectivity index (χ3n) is 2.73. The van der Waals surface area contributed by atoms with Gasteiger partial charge in [0.1, 0.15) is 10.7 Å². The molecule has 0 bridgehead atoms. The molecule has 5 nitrogen and oxygen atoms in total. The number of aromatic nitrogens is 3. The smallest absolute Gasteiger partial charge is 0.277 e. The summed E-state index contributed by atoms with van der Waals surface area (Å²) in [5.74, 6) is 0.776. The van der Waals surface area contributed by atoms with Gasteiger partial charge in [0, 0.05) is 10.9 Å². The Morgan fingerprint density at radius 3 is 2.71 bits per heavy atom. The van der Waals surface area contributed by atoms with Crippen molar-refractivity contribution in [1.29, 1.82) is 0 Å². The van der Waals surface area contributed by atoms with Crippen molar-refractivity contribution >= 4 is 34.5 Å². The Labute approximate surface area is 134 Å². The lowest BCUT2D eigenvalue weighted by atomic mass is 10.2. The van der Waals surface area contributed by atoms with Crippen LogP contribution in [0.5, 0.6) is 0 Å². The number of hydrogen-bond acceptors (Lipinski definition) is 6. The van der Waals surface area contributed by atoms with Gasteiger partial charge in [-0.25, -0.2) is 4.98 Å². The van der Waals surface area contributed by atoms with Gasteiger partial charge in [-0.3, -0.25) is 0 Å². The third-order valence-corrected chi connectivity index (χ3v) is 4.52. The second kappa shape index (κ2) is 5.73. The fourth-order valence-corrected chi connectivity index (χ4v) is 2.72. The van der Waals surface area contributed by atoms with E-state index >= 15 is 0 Å². The fourth-order valence-electron chi connectivity index (χ4n) is 1.67. The second-order valence-electron chi connectivity index (χ2n) is 4.41. The van der Waals surface area contributed by atoms with Crippen LogP contribution in [0.25, 0.3) is 23.0 Å². The van der Waals surface area contributed by atoms with Gasteiger partial charge < -0.3 is 10.3 Å². The number of thiazole rings is 1. The molecule has 0 aliphatic rings. The molecule has 8 heteroatoms. The molecular formula is C13H10Cl2N4OS. The van der Waals surface area contributed by atoms with E-state index in [0.717, 1.165) is 10.6 Å². The van der Waals surface area contributed by atoms with Gasteiger partial charge >= 0.3 is 0 Å². The zero-order valence-electron chi connectivity index (χ0n) is 10.9. The van der Waals surface area contributed by atoms with Crippen LogP contribution in [0.1, 0.15) is 18.0 Å². The molecule has 3 aromatic rings. The van der Waals surface area contributed by atoms with E-state index in [0.29, 0.717) is 27.5 Å². The first-order valence-electron chi connectivity index (χ1n) is 6.05. The molecule has 0 fully saturated rings. The molecule has 0 radical (unpaired) electrons. The molecule has 1 aromatic carbocycles. The molecule has 21 heavy (non-hydrogen) atoms. The van der Waals surface area contributed by atoms with E-state index in [1.54, 1.807) is 18.2 Å². The summed E-state index contributed by atoms with van der Waals surface area (Å²) in [4.78, 5) is 8.69. The molecular weight excluding hydrogens is 331 g/mol. The molecule has 0 aliphatic heterocycles. The molecule has 2 heterocycles. The van der Waals surface area contributed by atoms with Crippen molar-refractivity contribution in [3.8, 4) is 23.0 Å². The highest BCUT2D eigenvalue weighted by Gasteiger charge is 2.15. The fraction of sp³-hybridized carbons (Fsp3) is 0.154. The van der Waals surface area contributed by atoms with Crippen molar-refractivity contribution in [3.63, 3.8) is 0 Å². The van der Waals surface area contributed by atoms with E-state index in [4.69, 9.17) is 33.5 Å². The molecule has 0 saturated heterocycles. The van der Waals surface area contributed by atoms with E-state index in [-0.39, 0.29) is 6.04 Å². The molecule has 0 saturated carbocycles. The third kappa shape index (κ3) is 2.94. The van der Waals surface area contributed by atoms with Crippen molar-refractivity contribution < 1.29 is 4.52 Å². The highest BCUT2D eigenvalue weighted by Crippen LogP contribution is 2.29. The summed E-state index contributed by atoms with van der Waals surface area (Å²) in [6, 6.07) is 5.03. The van der Waals surface area contributed by atoms with Gasteiger partial charge in [-0.1, -0.05) is 28.4 Å². The van der Waals surface area contributed by atoms with E-state index in [2.05, 4.69) is 15.1 Å². The van der Waals surface area contributed by atoms with Crippen LogP contribution in [0.2, 0.25) is 10.0 Å². The van der Waals surface area contributed by atoms with Crippen LogP contribution < -0.4 is 5.73 Å². The monoisotopic (exact) mass is 340 g/mol. The standard InChI is InChI=1S/C13H10Cl2N4OS/c1-6(16)13-17-10(5-21-13)12-18-11(19-20-12)7-2-3-8(14)9(15)4-7/h2-6H,16H2,1H3. The number of benzene rings is 1. The molecule has 3 rings (SSSR count). The van der Waals surface area contributed by atoms with Gasteiger partial charge in [0.15, 0.2) is 0 Å². The summed E-state index contributed by atoms with van der Waals surface area (Å²) in [6.07, 6.45) is 0. The van der Waals surface area contributed by atoms with Crippen LogP contribution in [0.15, 0.2) is 28.1 Å². The first-order chi connectivity index (χ1) is 10.0. The molecule has 1 unspecified atom stereocenters. The van der Waals surface area contributed by atoms with Gasteiger partial charge in [0.25, 0.3) is 5.89 Å². The quantitative estimate of drug-likeness (QED) is 0.773. The molecule has 2 aromatic heterocycles. The lowest BCUT2D eigenvalue weighted by Crippen LogP contribution is -2.03. The van der Waals surface area contributed by atoms with Gasteiger partial charge in [0.05, 0.1) is 16.1 Å². The van der Waals surface area contributed by atoms with Crippen LogP contribution in [0.3, 0.4) is 0 Å². The highest BCUT2D eigenvalue weighted by atomic mass is 35.5. The van der Waals surface area contributed by atoms with Crippen LogP contribution in [0, 0.1) is 0 Å². The lowest BCUT2D eigenvalue weighted by molar-refractivity contribution is 0.431. The number of halogens is 2. The van der Waals surface area contributed by atoms with Crippen molar-refractivity contribution in [3.05, 3.63) is 38.6 Å². The predicted octanol–water partition coefficient (Wildman–Crippen LogP) is 4.19. The Hall–Kier alpha value is -1.47. The minimum absolute atomic E-state index is 0.124. The molecule has 1 atom stereocenters. The summed E-state index contributed by atoms with van der Waals surface area (Å²) in [5, 5.41) is 7.51. The molecule has 2 N–H and O–H groups in total. The Balaban J connectivity index is 1.93. The Kier molecular flexibility index (Phi) is 3.95. The zero-order valence-corrected chi connectivity index (χ0v) is 13.2. The van der Waals surface area contributed by atoms with E-state index in [1.807, 2.05) is 12.3 Å². The van der Waals surface area contributed by atoms with Crippen LogP contribution >= 0.6 is 34.5 Å². The first-order valence-corrected chi connectivity index (χ1v) is 7.68. The second-order valence-corrected chi connectivity index (χ2v) is 6.12. The van der Waals surface area contributed by atoms with Gasteiger partial charge in [-0.05, 0) is 25.1 Å². The first kappa shape index (κ1) is 14.5. The van der Waals surface area contributed by atoms with Gasteiger partial charge in [0.2, 0.25) is 5.82 Å². The molecule has 0 spiro atoms. The maximum Gasteiger partial charge on any atom is 0.277 e. The summed E-state index contributed by atoms with van der Waals surface area (Å²) in [7, 11) is 0. The minimum atomic E-state index is -0.124. The minimum Gasteiger partial charge on any atom is -0.332 e. The summed E-state index contributed by atoms with van der Waals surface area (Å²) in [5.41, 5.74) is 7.13. The van der Waals surface area contributed by atoms with Gasteiger partial charge in [-0.2, -0.15) is 4.98 Å². The van der Waals surface area contributed by atoms with Gasteiger partial charge in [-0.15, -0.1) is 11.3 Å². The molecule has 108 valence electrons. The number of nitrogens with two attached hydrogens (primary N) is 1. The number of nitrogens with zero attached hydrogens (tertiary/aromatic N) is 3. The van der Waals surface area contributed by atoms with Crippen molar-refractivity contribution in [2.75, 3.05) is 0 Å². The summed E-state index contributed by atoms with van der Waals surface area (Å²) >= 11 is 13.3. The van der Waals surface area contributed by atoms with Crippen molar-refractivity contribution in [2.45, 2.75) is 13.0 Å². The van der Waals surface area contributed by atoms with Crippen molar-refractivity contribution in [2.24, 2.45) is 5.73 Å². The summed E-state index contributed by atoms with van der Waals surface area (Å²) in [6.45, 7) is 1.87. The number of rotatable bonds is 3. The van der Waals surface area contributed by atoms with E-state index < -0.39 is 0 Å². The average Bonchev–Trinajstić information content (AvgIpc) is 3.09. The number of hydrogen-bond donors (Lipinski definition) is 1. The van der Waals surface area contributed by atoms with Crippen LogP contribution in [-0.4, -0.2) is 15.1 Å². The van der Waals surface area contributed by atoms with E-state index in [1.165, 1.54) is 11.3 Å². The largest absolute Gasteiger partial charge is 0.332 e. The molecule has 0 amide bonds. The Bertz CT molecular complexity index is 784. The molecule has 0 aliphatic carbocycles. The zero-order chi connectivity index (χ0) is 15.0. The lowest BCUT2D eigenvalue weighted by Gasteiger charge is -1.97. The maximum atomic E-state index is 5.98. The highest BCUT2D eigenvalue weighted by molar-refractivity contribution is 7.10. The Morgan fingerprint density at radius 1 is 1.24 bits per heavy atom. The topological polar surface area (TPSA) is 77.8 Å². The normalized spacial score (nSPS) is 12.6. The Morgan fingerprint density at radius 2 is 2.05 bits per heavy atom. The average molecular weight is 341 g/mol. The van der Waals surface area contributed by atoms with Crippen LogP contribution in [0.4, 0.5) is 0 Å².